The number of ether oxygens (including phenoxy) is 1. The number of hydrogen-bond acceptors (Lipinski definition) is 2. The lowest BCUT2D eigenvalue weighted by molar-refractivity contribution is -0.118. The van der Waals surface area contributed by atoms with E-state index in [0.29, 0.717) is 40.9 Å². The van der Waals surface area contributed by atoms with Crippen molar-refractivity contribution < 1.29 is 9.53 Å². The lowest BCUT2D eigenvalue weighted by Gasteiger charge is -2.31. The fourth-order valence-electron chi connectivity index (χ4n) is 2.33. The van der Waals surface area contributed by atoms with Gasteiger partial charge in [0.25, 0.3) is 0 Å². The Hall–Kier alpha value is -1.71. The van der Waals surface area contributed by atoms with Crippen LogP contribution >= 0.6 is 23.2 Å². The van der Waals surface area contributed by atoms with Gasteiger partial charge in [-0.15, -0.1) is 11.6 Å². The third-order valence-electron chi connectivity index (χ3n) is 3.26. The van der Waals surface area contributed by atoms with Gasteiger partial charge in [-0.1, -0.05) is 23.7 Å². The van der Waals surface area contributed by atoms with Crippen molar-refractivity contribution in [3.63, 3.8) is 0 Å². The molecule has 1 heterocycles. The maximum absolute atomic E-state index is 12.6. The van der Waals surface area contributed by atoms with Crippen molar-refractivity contribution in [2.45, 2.75) is 12.8 Å². The molecule has 21 heavy (non-hydrogen) atoms. The second kappa shape index (κ2) is 5.96. The molecule has 1 aliphatic heterocycles. The van der Waals surface area contributed by atoms with Crippen LogP contribution in [0.15, 0.2) is 42.5 Å². The number of para-hydroxylation sites is 2. The molecule has 2 aromatic rings. The summed E-state index contributed by atoms with van der Waals surface area (Å²) in [6, 6.07) is 12.7. The van der Waals surface area contributed by atoms with Crippen LogP contribution < -0.4 is 9.64 Å². The highest BCUT2D eigenvalue weighted by atomic mass is 35.5. The van der Waals surface area contributed by atoms with Crippen LogP contribution in [0.1, 0.15) is 12.8 Å². The largest absolute Gasteiger partial charge is 0.453 e. The maximum Gasteiger partial charge on any atom is 0.231 e. The Balaban J connectivity index is 2.08. The van der Waals surface area contributed by atoms with E-state index in [9.17, 15) is 4.79 Å². The van der Waals surface area contributed by atoms with Gasteiger partial charge in [-0.3, -0.25) is 9.69 Å². The average molecular weight is 322 g/mol. The Morgan fingerprint density at radius 2 is 1.86 bits per heavy atom. The number of anilines is 2. The zero-order valence-electron chi connectivity index (χ0n) is 11.2. The predicted octanol–water partition coefficient (Wildman–Crippen LogP) is 5.13. The number of rotatable bonds is 3. The molecule has 3 rings (SSSR count). The molecule has 2 aromatic carbocycles. The summed E-state index contributed by atoms with van der Waals surface area (Å²) in [7, 11) is 0. The maximum atomic E-state index is 12.6. The Bertz CT molecular complexity index is 688. The Labute approximate surface area is 133 Å². The minimum absolute atomic E-state index is 0.0186. The summed E-state index contributed by atoms with van der Waals surface area (Å²) in [5, 5.41) is 0.562. The number of carbonyl (C=O) groups is 1. The molecule has 0 radical (unpaired) electrons. The molecule has 108 valence electrons. The number of alkyl halides is 1. The summed E-state index contributed by atoms with van der Waals surface area (Å²) in [5.74, 6) is 1.72. The minimum Gasteiger partial charge on any atom is -0.453 e. The third kappa shape index (κ3) is 2.71. The molecule has 0 aromatic heterocycles. The molecule has 0 saturated carbocycles. The van der Waals surface area contributed by atoms with Crippen LogP contribution in [0.5, 0.6) is 11.5 Å². The quantitative estimate of drug-likeness (QED) is 0.733. The first-order valence-corrected chi connectivity index (χ1v) is 7.57. The van der Waals surface area contributed by atoms with Gasteiger partial charge in [-0.25, -0.2) is 0 Å². The second-order valence-corrected chi connectivity index (χ2v) is 5.52. The van der Waals surface area contributed by atoms with Crippen LogP contribution in [-0.2, 0) is 4.79 Å². The molecule has 0 saturated heterocycles. The lowest BCUT2D eigenvalue weighted by Crippen LogP contribution is -2.28. The van der Waals surface area contributed by atoms with Gasteiger partial charge in [-0.05, 0) is 36.8 Å². The Morgan fingerprint density at radius 1 is 1.10 bits per heavy atom. The van der Waals surface area contributed by atoms with Crippen LogP contribution in [0.25, 0.3) is 0 Å². The van der Waals surface area contributed by atoms with Crippen molar-refractivity contribution in [3.05, 3.63) is 47.5 Å². The SMILES string of the molecule is O=C(CCCCl)N1c2ccccc2Oc2ccc(Cl)cc21. The summed E-state index contributed by atoms with van der Waals surface area (Å²) in [6.45, 7) is 0. The normalized spacial score (nSPS) is 12.4. The number of fused-ring (bicyclic) bond motifs is 2. The van der Waals surface area contributed by atoms with Gasteiger partial charge in [-0.2, -0.15) is 0 Å². The Morgan fingerprint density at radius 3 is 2.67 bits per heavy atom. The number of carbonyl (C=O) groups excluding carboxylic acids is 1. The smallest absolute Gasteiger partial charge is 0.231 e. The molecule has 0 atom stereocenters. The molecule has 1 amide bonds. The molecule has 1 aliphatic rings. The second-order valence-electron chi connectivity index (χ2n) is 4.70. The lowest BCUT2D eigenvalue weighted by atomic mass is 10.1. The van der Waals surface area contributed by atoms with Crippen LogP contribution in [0, 0.1) is 0 Å². The van der Waals surface area contributed by atoms with E-state index >= 15 is 0 Å². The first-order chi connectivity index (χ1) is 10.2. The standard InChI is InChI=1S/C16H13Cl2NO2/c17-9-3-6-16(20)19-12-4-1-2-5-14(12)21-15-8-7-11(18)10-13(15)19/h1-2,4-5,7-8,10H,3,6,9H2. The van der Waals surface area contributed by atoms with E-state index in [0.717, 1.165) is 5.69 Å². The molecular weight excluding hydrogens is 309 g/mol. The molecule has 0 N–H and O–H groups in total. The van der Waals surface area contributed by atoms with Gasteiger partial charge >= 0.3 is 0 Å². The molecule has 0 unspecified atom stereocenters. The topological polar surface area (TPSA) is 29.5 Å². The number of halogens is 2. The Kier molecular flexibility index (Phi) is 4.04. The van der Waals surface area contributed by atoms with Crippen LogP contribution in [0.4, 0.5) is 11.4 Å². The molecule has 0 aliphatic carbocycles. The summed E-state index contributed by atoms with van der Waals surface area (Å²) >= 11 is 11.8. The minimum atomic E-state index is -0.0186. The highest BCUT2D eigenvalue weighted by molar-refractivity contribution is 6.31. The van der Waals surface area contributed by atoms with Crippen LogP contribution in [0.3, 0.4) is 0 Å². The van der Waals surface area contributed by atoms with E-state index in [4.69, 9.17) is 27.9 Å². The molecule has 0 bridgehead atoms. The molecule has 0 spiro atoms. The third-order valence-corrected chi connectivity index (χ3v) is 3.76. The molecule has 0 fully saturated rings. The molecule has 5 heteroatoms. The van der Waals surface area contributed by atoms with Crippen LogP contribution in [0.2, 0.25) is 5.02 Å². The molecule has 3 nitrogen and oxygen atoms in total. The van der Waals surface area contributed by atoms with Crippen molar-refractivity contribution in [3.8, 4) is 11.5 Å². The summed E-state index contributed by atoms with van der Waals surface area (Å²) in [4.78, 5) is 14.2. The zero-order valence-corrected chi connectivity index (χ0v) is 12.7. The van der Waals surface area contributed by atoms with Gasteiger partial charge in [0, 0.05) is 17.3 Å². The zero-order chi connectivity index (χ0) is 14.8. The molecular formula is C16H13Cl2NO2. The summed E-state index contributed by atoms with van der Waals surface area (Å²) in [6.07, 6.45) is 1.01. The number of benzene rings is 2. The highest BCUT2D eigenvalue weighted by Gasteiger charge is 2.28. The summed E-state index contributed by atoms with van der Waals surface area (Å²) < 4.78 is 5.84. The average Bonchev–Trinajstić information content (AvgIpc) is 2.50. The van der Waals surface area contributed by atoms with E-state index in [-0.39, 0.29) is 5.91 Å². The van der Waals surface area contributed by atoms with Crippen molar-refractivity contribution in [1.29, 1.82) is 0 Å². The van der Waals surface area contributed by atoms with Crippen molar-refractivity contribution in [2.24, 2.45) is 0 Å². The first kappa shape index (κ1) is 14.2. The number of hydrogen-bond donors (Lipinski definition) is 0. The van der Waals surface area contributed by atoms with Crippen molar-refractivity contribution in [2.75, 3.05) is 10.8 Å². The van der Waals surface area contributed by atoms with Gasteiger partial charge in [0.15, 0.2) is 11.5 Å². The van der Waals surface area contributed by atoms with E-state index in [1.165, 1.54) is 0 Å². The van der Waals surface area contributed by atoms with Crippen molar-refractivity contribution in [1.82, 2.24) is 0 Å². The van der Waals surface area contributed by atoms with E-state index in [2.05, 4.69) is 0 Å². The van der Waals surface area contributed by atoms with E-state index in [1.54, 1.807) is 23.1 Å². The highest BCUT2D eigenvalue weighted by Crippen LogP contribution is 2.47. The summed E-state index contributed by atoms with van der Waals surface area (Å²) in [5.41, 5.74) is 1.40. The van der Waals surface area contributed by atoms with Gasteiger partial charge in [0.05, 0.1) is 11.4 Å². The van der Waals surface area contributed by atoms with E-state index in [1.807, 2.05) is 24.3 Å². The van der Waals surface area contributed by atoms with Gasteiger partial charge < -0.3 is 4.74 Å². The fraction of sp³-hybridized carbons (Fsp3) is 0.188. The first-order valence-electron chi connectivity index (χ1n) is 6.66. The van der Waals surface area contributed by atoms with Gasteiger partial charge in [0.2, 0.25) is 5.91 Å². The monoisotopic (exact) mass is 321 g/mol. The van der Waals surface area contributed by atoms with Gasteiger partial charge in [0.1, 0.15) is 0 Å². The van der Waals surface area contributed by atoms with E-state index < -0.39 is 0 Å². The van der Waals surface area contributed by atoms with Crippen LogP contribution in [-0.4, -0.2) is 11.8 Å². The fourth-order valence-corrected chi connectivity index (χ4v) is 2.63. The number of nitrogens with zero attached hydrogens (tertiary/aromatic N) is 1. The predicted molar refractivity (Wildman–Crippen MR) is 85.1 cm³/mol. The van der Waals surface area contributed by atoms with Crippen molar-refractivity contribution >= 4 is 40.5 Å². The number of amides is 1.